The van der Waals surface area contributed by atoms with E-state index in [0.717, 1.165) is 0 Å². The van der Waals surface area contributed by atoms with Crippen molar-refractivity contribution < 1.29 is 75.7 Å². The van der Waals surface area contributed by atoms with E-state index in [9.17, 15) is 75.7 Å². The van der Waals surface area contributed by atoms with E-state index in [2.05, 4.69) is 0 Å². The first-order chi connectivity index (χ1) is 16.9. The molecule has 0 heterocycles. The number of carbonyl (C=O) groups excluding carboxylic acids is 3. The van der Waals surface area contributed by atoms with Crippen molar-refractivity contribution in [1.29, 1.82) is 0 Å². The van der Waals surface area contributed by atoms with Gasteiger partial charge >= 0.3 is 0 Å². The summed E-state index contributed by atoms with van der Waals surface area (Å²) in [7, 11) is 0. The average molecular weight is 538 g/mol. The maximum absolute atomic E-state index is 13.6. The minimum Gasteiger partial charge on any atom is -0.390 e. The lowest BCUT2D eigenvalue weighted by molar-refractivity contribution is -0.192. The van der Waals surface area contributed by atoms with Crippen molar-refractivity contribution in [3.8, 4) is 0 Å². The SMILES string of the molecule is O=C(C(C(=O)C1(O)C[C@@H](O)C(O)[C@H](O)C1)C(=O)C1(O)C[C@@H](O)C(O)[C@H](O)C1)C1(O)C[C@@H](O)C(O)[C@H](O)C1. The molecule has 0 aliphatic heterocycles. The Labute approximate surface area is 209 Å². The largest absolute Gasteiger partial charge is 0.390 e. The molecule has 212 valence electrons. The molecule has 0 saturated heterocycles. The molecular weight excluding hydrogens is 504 g/mol. The number of Topliss-reactive ketones (excluding diaryl/α,β-unsaturated/α-hetero) is 3. The fourth-order valence-electron chi connectivity index (χ4n) is 5.59. The van der Waals surface area contributed by atoms with Crippen molar-refractivity contribution in [3.63, 3.8) is 0 Å². The molecule has 0 aromatic carbocycles. The fourth-order valence-corrected chi connectivity index (χ4v) is 5.59. The van der Waals surface area contributed by atoms with Gasteiger partial charge in [0.1, 0.15) is 41.0 Å². The topological polar surface area (TPSA) is 294 Å². The zero-order chi connectivity index (χ0) is 28.2. The number of ketones is 3. The summed E-state index contributed by atoms with van der Waals surface area (Å²) in [6.07, 6.45) is -22.5. The lowest BCUT2D eigenvalue weighted by atomic mass is 9.64. The van der Waals surface area contributed by atoms with Gasteiger partial charge in [0.05, 0.1) is 36.6 Å². The molecule has 6 atom stereocenters. The third kappa shape index (κ3) is 5.36. The molecule has 3 fully saturated rings. The first kappa shape index (κ1) is 30.1. The van der Waals surface area contributed by atoms with Crippen molar-refractivity contribution in [2.75, 3.05) is 0 Å². The molecule has 3 saturated carbocycles. The molecular formula is C22H34O15. The molecule has 0 radical (unpaired) electrons. The van der Waals surface area contributed by atoms with Gasteiger partial charge < -0.3 is 61.3 Å². The number of hydrogen-bond acceptors (Lipinski definition) is 15. The Kier molecular flexibility index (Phi) is 8.34. The van der Waals surface area contributed by atoms with Crippen LogP contribution in [-0.4, -0.2) is 150 Å². The minimum absolute atomic E-state index is 0.966. The molecule has 37 heavy (non-hydrogen) atoms. The summed E-state index contributed by atoms with van der Waals surface area (Å²) in [4.78, 5) is 40.7. The average Bonchev–Trinajstić information content (AvgIpc) is 2.79. The van der Waals surface area contributed by atoms with Gasteiger partial charge in [-0.15, -0.1) is 0 Å². The Morgan fingerprint density at radius 3 is 0.757 bits per heavy atom. The van der Waals surface area contributed by atoms with Crippen LogP contribution < -0.4 is 0 Å². The molecule has 15 nitrogen and oxygen atoms in total. The van der Waals surface area contributed by atoms with Gasteiger partial charge in [-0.1, -0.05) is 0 Å². The van der Waals surface area contributed by atoms with Crippen molar-refractivity contribution in [3.05, 3.63) is 0 Å². The highest BCUT2D eigenvalue weighted by atomic mass is 16.4. The number of aliphatic hydroxyl groups is 12. The third-order valence-electron chi connectivity index (χ3n) is 7.81. The van der Waals surface area contributed by atoms with Crippen LogP contribution >= 0.6 is 0 Å². The van der Waals surface area contributed by atoms with E-state index < -0.39 is 134 Å². The third-order valence-corrected chi connectivity index (χ3v) is 7.81. The van der Waals surface area contributed by atoms with Crippen LogP contribution in [0.15, 0.2) is 0 Å². The molecule has 0 aromatic heterocycles. The lowest BCUT2D eigenvalue weighted by Gasteiger charge is -2.45. The highest BCUT2D eigenvalue weighted by molar-refractivity contribution is 6.25. The second kappa shape index (κ2) is 10.3. The predicted molar refractivity (Wildman–Crippen MR) is 115 cm³/mol. The van der Waals surface area contributed by atoms with E-state index in [1.54, 1.807) is 0 Å². The molecule has 12 N–H and O–H groups in total. The summed E-state index contributed by atoms with van der Waals surface area (Å²) in [6, 6.07) is 0. The van der Waals surface area contributed by atoms with E-state index >= 15 is 0 Å². The van der Waals surface area contributed by atoms with E-state index in [0.29, 0.717) is 0 Å². The van der Waals surface area contributed by atoms with Gasteiger partial charge in [-0.05, 0) is 0 Å². The Balaban J connectivity index is 2.06. The lowest BCUT2D eigenvalue weighted by Crippen LogP contribution is -2.66. The van der Waals surface area contributed by atoms with Crippen LogP contribution in [0.2, 0.25) is 0 Å². The Hall–Kier alpha value is -1.47. The van der Waals surface area contributed by atoms with E-state index in [4.69, 9.17) is 0 Å². The van der Waals surface area contributed by atoms with E-state index in [-0.39, 0.29) is 0 Å². The van der Waals surface area contributed by atoms with Gasteiger partial charge in [-0.2, -0.15) is 0 Å². The standard InChI is InChI=1S/C22H34O15/c23-7-1-20(35,2-8(24)14(7)29)17(32)13(18(33)21(36)3-9(25)15(30)10(26)4-21)19(34)22(37)5-11(27)16(31)12(28)6-22/h7-16,23-31,35-37H,1-6H2/t7-,8-,9-,10-,11-,12-,13?,14?,15?,16?,20?,21?,22?/m1/s1. The maximum Gasteiger partial charge on any atom is 0.182 e. The second-order valence-corrected chi connectivity index (χ2v) is 10.7. The quantitative estimate of drug-likeness (QED) is 0.140. The van der Waals surface area contributed by atoms with Crippen molar-refractivity contribution in [2.24, 2.45) is 5.92 Å². The van der Waals surface area contributed by atoms with Crippen LogP contribution in [0, 0.1) is 5.92 Å². The summed E-state index contributed by atoms with van der Waals surface area (Å²) in [6.45, 7) is 0. The second-order valence-electron chi connectivity index (χ2n) is 10.7. The molecule has 3 aliphatic carbocycles. The highest BCUT2D eigenvalue weighted by Gasteiger charge is 2.61. The summed E-state index contributed by atoms with van der Waals surface area (Å²) < 4.78 is 0. The molecule has 0 aromatic rings. The van der Waals surface area contributed by atoms with Gasteiger partial charge in [0.15, 0.2) is 17.3 Å². The van der Waals surface area contributed by atoms with Crippen LogP contribution in [0.1, 0.15) is 38.5 Å². The zero-order valence-electron chi connectivity index (χ0n) is 19.6. The Morgan fingerprint density at radius 1 is 0.432 bits per heavy atom. The Morgan fingerprint density at radius 2 is 0.595 bits per heavy atom. The number of rotatable bonds is 6. The summed E-state index contributed by atoms with van der Waals surface area (Å²) in [5, 5.41) is 122. The van der Waals surface area contributed by atoms with Gasteiger partial charge in [0, 0.05) is 38.5 Å². The first-order valence-electron chi connectivity index (χ1n) is 11.8. The van der Waals surface area contributed by atoms with Crippen LogP contribution in [0.25, 0.3) is 0 Å². The van der Waals surface area contributed by atoms with Crippen molar-refractivity contribution in [2.45, 2.75) is 110 Å². The normalized spacial score (nSPS) is 49.8. The van der Waals surface area contributed by atoms with Crippen LogP contribution in [0.4, 0.5) is 0 Å². The van der Waals surface area contributed by atoms with Crippen molar-refractivity contribution >= 4 is 17.3 Å². The molecule has 0 bridgehead atoms. The van der Waals surface area contributed by atoms with Gasteiger partial charge in [-0.3, -0.25) is 14.4 Å². The van der Waals surface area contributed by atoms with E-state index in [1.165, 1.54) is 0 Å². The zero-order valence-corrected chi connectivity index (χ0v) is 19.6. The number of aliphatic hydroxyl groups excluding tert-OH is 9. The van der Waals surface area contributed by atoms with Crippen molar-refractivity contribution in [1.82, 2.24) is 0 Å². The molecule has 0 amide bonds. The molecule has 15 heteroatoms. The summed E-state index contributed by atoms with van der Waals surface area (Å²) >= 11 is 0. The van der Waals surface area contributed by atoms with Gasteiger partial charge in [0.2, 0.25) is 0 Å². The predicted octanol–water partition coefficient (Wildman–Crippen LogP) is -6.87. The van der Waals surface area contributed by atoms with Gasteiger partial charge in [-0.25, -0.2) is 0 Å². The van der Waals surface area contributed by atoms with Crippen LogP contribution in [0.3, 0.4) is 0 Å². The molecule has 3 rings (SSSR count). The summed E-state index contributed by atoms with van der Waals surface area (Å²) in [5.74, 6) is -7.91. The summed E-state index contributed by atoms with van der Waals surface area (Å²) in [5.41, 5.74) is -8.55. The smallest absolute Gasteiger partial charge is 0.182 e. The number of carbonyl (C=O) groups is 3. The molecule has 0 unspecified atom stereocenters. The molecule has 3 aliphatic rings. The minimum atomic E-state index is -2.85. The van der Waals surface area contributed by atoms with Gasteiger partial charge in [0.25, 0.3) is 0 Å². The fraction of sp³-hybridized carbons (Fsp3) is 0.864. The van der Waals surface area contributed by atoms with Crippen LogP contribution in [-0.2, 0) is 14.4 Å². The first-order valence-corrected chi connectivity index (χ1v) is 11.8. The maximum atomic E-state index is 13.6. The van der Waals surface area contributed by atoms with Crippen LogP contribution in [0.5, 0.6) is 0 Å². The highest BCUT2D eigenvalue weighted by Crippen LogP contribution is 2.40. The molecule has 0 spiro atoms. The van der Waals surface area contributed by atoms with E-state index in [1.807, 2.05) is 0 Å². The number of hydrogen-bond donors (Lipinski definition) is 12. The Bertz CT molecular complexity index is 756. The monoisotopic (exact) mass is 538 g/mol.